The summed E-state index contributed by atoms with van der Waals surface area (Å²) in [4.78, 5) is 5.21. The highest BCUT2D eigenvalue weighted by Gasteiger charge is 2.36. The second-order valence-corrected chi connectivity index (χ2v) is 6.69. The molecule has 3 heteroatoms. The molecule has 1 aromatic carbocycles. The van der Waals surface area contributed by atoms with Gasteiger partial charge in [0.05, 0.1) is 0 Å². The van der Waals surface area contributed by atoms with Gasteiger partial charge in [0.1, 0.15) is 0 Å². The van der Waals surface area contributed by atoms with Crippen LogP contribution in [0, 0.1) is 0 Å². The van der Waals surface area contributed by atoms with E-state index in [0.717, 1.165) is 6.54 Å². The van der Waals surface area contributed by atoms with Crippen molar-refractivity contribution in [2.45, 2.75) is 44.8 Å². The van der Waals surface area contributed by atoms with Gasteiger partial charge in [-0.15, -0.1) is 0 Å². The number of hydrogen-bond donors (Lipinski definition) is 1. The van der Waals surface area contributed by atoms with E-state index in [-0.39, 0.29) is 0 Å². The average molecular weight is 287 g/mol. The number of piperazine rings is 1. The Hall–Kier alpha value is -0.900. The summed E-state index contributed by atoms with van der Waals surface area (Å²) in [6, 6.07) is 10.8. The number of fused-ring (bicyclic) bond motifs is 1. The summed E-state index contributed by atoms with van der Waals surface area (Å²) in [7, 11) is 2.24. The molecule has 0 aromatic heterocycles. The third-order valence-corrected chi connectivity index (χ3v) is 5.22. The Kier molecular flexibility index (Phi) is 4.63. The maximum Gasteiger partial charge on any atom is 0.0481 e. The minimum Gasteiger partial charge on any atom is -0.309 e. The van der Waals surface area contributed by atoms with E-state index in [1.165, 1.54) is 38.0 Å². The first-order chi connectivity index (χ1) is 10.2. The molecule has 1 aromatic rings. The molecule has 1 aliphatic heterocycles. The van der Waals surface area contributed by atoms with Gasteiger partial charge in [-0.3, -0.25) is 4.90 Å². The van der Waals surface area contributed by atoms with Crippen LogP contribution in [0.25, 0.3) is 0 Å². The first-order valence-corrected chi connectivity index (χ1v) is 8.46. The second-order valence-electron chi connectivity index (χ2n) is 6.69. The summed E-state index contributed by atoms with van der Waals surface area (Å²) >= 11 is 0. The number of nitrogens with one attached hydrogen (secondary N) is 1. The lowest BCUT2D eigenvalue weighted by Crippen LogP contribution is -2.58. The highest BCUT2D eigenvalue weighted by Crippen LogP contribution is 2.34. The number of aryl methyl sites for hydroxylation is 1. The highest BCUT2D eigenvalue weighted by atomic mass is 15.3. The molecule has 0 bridgehead atoms. The van der Waals surface area contributed by atoms with Gasteiger partial charge >= 0.3 is 0 Å². The van der Waals surface area contributed by atoms with E-state index in [9.17, 15) is 0 Å². The zero-order valence-corrected chi connectivity index (χ0v) is 13.7. The molecule has 116 valence electrons. The fourth-order valence-electron chi connectivity index (χ4n) is 4.21. The van der Waals surface area contributed by atoms with Crippen molar-refractivity contribution in [2.24, 2.45) is 0 Å². The van der Waals surface area contributed by atoms with Crippen LogP contribution in [0.2, 0.25) is 0 Å². The largest absolute Gasteiger partial charge is 0.309 e. The Balaban J connectivity index is 1.85. The third kappa shape index (κ3) is 3.01. The Bertz CT molecular complexity index is 473. The molecule has 0 radical (unpaired) electrons. The fourth-order valence-corrected chi connectivity index (χ4v) is 4.21. The van der Waals surface area contributed by atoms with E-state index in [0.29, 0.717) is 18.1 Å². The molecule has 0 spiro atoms. The van der Waals surface area contributed by atoms with Gasteiger partial charge in [-0.2, -0.15) is 0 Å². The van der Waals surface area contributed by atoms with Crippen molar-refractivity contribution in [3.63, 3.8) is 0 Å². The van der Waals surface area contributed by atoms with Gasteiger partial charge in [0.2, 0.25) is 0 Å². The quantitative estimate of drug-likeness (QED) is 0.920. The summed E-state index contributed by atoms with van der Waals surface area (Å²) in [6.07, 6.45) is 2.50. The van der Waals surface area contributed by atoms with Gasteiger partial charge in [-0.1, -0.05) is 31.2 Å². The molecule has 1 saturated heterocycles. The van der Waals surface area contributed by atoms with Crippen molar-refractivity contribution in [1.29, 1.82) is 0 Å². The molecule has 2 aliphatic rings. The molecule has 3 unspecified atom stereocenters. The summed E-state index contributed by atoms with van der Waals surface area (Å²) in [6.45, 7) is 9.24. The number of likely N-dealkylation sites (N-methyl/N-ethyl adjacent to an activating group) is 2. The number of hydrogen-bond acceptors (Lipinski definition) is 3. The average Bonchev–Trinajstić information content (AvgIpc) is 2.48. The van der Waals surface area contributed by atoms with Gasteiger partial charge in [-0.25, -0.2) is 0 Å². The molecule has 21 heavy (non-hydrogen) atoms. The van der Waals surface area contributed by atoms with Crippen LogP contribution in [0.4, 0.5) is 0 Å². The van der Waals surface area contributed by atoms with Gasteiger partial charge in [0, 0.05) is 37.8 Å². The molecule has 1 aliphatic carbocycles. The van der Waals surface area contributed by atoms with Crippen LogP contribution >= 0.6 is 0 Å². The SMILES string of the molecule is CCNC1c2ccccc2CCC1N1CCN(C)CC1C. The smallest absolute Gasteiger partial charge is 0.0481 e. The van der Waals surface area contributed by atoms with Crippen LogP contribution < -0.4 is 5.32 Å². The zero-order chi connectivity index (χ0) is 14.8. The molecule has 3 atom stereocenters. The molecule has 3 rings (SSSR count). The van der Waals surface area contributed by atoms with Crippen molar-refractivity contribution < 1.29 is 0 Å². The minimum absolute atomic E-state index is 0.491. The van der Waals surface area contributed by atoms with Gasteiger partial charge in [-0.05, 0) is 44.5 Å². The molecule has 0 saturated carbocycles. The first-order valence-electron chi connectivity index (χ1n) is 8.46. The molecule has 1 fully saturated rings. The van der Waals surface area contributed by atoms with Crippen molar-refractivity contribution in [3.05, 3.63) is 35.4 Å². The minimum atomic E-state index is 0.491. The van der Waals surface area contributed by atoms with Crippen LogP contribution in [0.15, 0.2) is 24.3 Å². The molecule has 1 N–H and O–H groups in total. The summed E-state index contributed by atoms with van der Waals surface area (Å²) < 4.78 is 0. The lowest BCUT2D eigenvalue weighted by atomic mass is 9.82. The Labute approximate surface area is 129 Å². The monoisotopic (exact) mass is 287 g/mol. The van der Waals surface area contributed by atoms with Crippen molar-refractivity contribution in [1.82, 2.24) is 15.1 Å². The topological polar surface area (TPSA) is 18.5 Å². The lowest BCUT2D eigenvalue weighted by molar-refractivity contribution is 0.0378. The van der Waals surface area contributed by atoms with E-state index in [2.05, 4.69) is 60.3 Å². The third-order valence-electron chi connectivity index (χ3n) is 5.22. The van der Waals surface area contributed by atoms with E-state index in [1.54, 1.807) is 5.56 Å². The normalized spacial score (nSPS) is 31.1. The number of nitrogens with zero attached hydrogens (tertiary/aromatic N) is 2. The van der Waals surface area contributed by atoms with E-state index >= 15 is 0 Å². The van der Waals surface area contributed by atoms with Gasteiger partial charge in [0.25, 0.3) is 0 Å². The van der Waals surface area contributed by atoms with Gasteiger partial charge < -0.3 is 10.2 Å². The first kappa shape index (κ1) is 15.0. The molecular weight excluding hydrogens is 258 g/mol. The van der Waals surface area contributed by atoms with Crippen molar-refractivity contribution in [3.8, 4) is 0 Å². The predicted molar refractivity (Wildman–Crippen MR) is 88.6 cm³/mol. The number of benzene rings is 1. The second kappa shape index (κ2) is 6.47. The van der Waals surface area contributed by atoms with Gasteiger partial charge in [0.15, 0.2) is 0 Å². The standard InChI is InChI=1S/C18H29N3/c1-4-19-18-16-8-6-5-7-15(16)9-10-17(18)21-12-11-20(3)13-14(21)2/h5-8,14,17-19H,4,9-13H2,1-3H3. The Morgan fingerprint density at radius 3 is 2.81 bits per heavy atom. The lowest BCUT2D eigenvalue weighted by Gasteiger charge is -2.47. The Morgan fingerprint density at radius 1 is 1.24 bits per heavy atom. The fraction of sp³-hybridized carbons (Fsp3) is 0.667. The maximum atomic E-state index is 3.76. The molecule has 0 amide bonds. The zero-order valence-electron chi connectivity index (χ0n) is 13.7. The maximum absolute atomic E-state index is 3.76. The van der Waals surface area contributed by atoms with Crippen LogP contribution in [-0.4, -0.2) is 55.1 Å². The van der Waals surface area contributed by atoms with E-state index in [4.69, 9.17) is 0 Å². The highest BCUT2D eigenvalue weighted by molar-refractivity contribution is 5.34. The van der Waals surface area contributed by atoms with Crippen molar-refractivity contribution >= 4 is 0 Å². The molecule has 3 nitrogen and oxygen atoms in total. The number of rotatable bonds is 3. The predicted octanol–water partition coefficient (Wildman–Crippen LogP) is 2.29. The summed E-state index contributed by atoms with van der Waals surface area (Å²) in [5.74, 6) is 0. The van der Waals surface area contributed by atoms with Crippen molar-refractivity contribution in [2.75, 3.05) is 33.2 Å². The summed E-state index contributed by atoms with van der Waals surface area (Å²) in [5.41, 5.74) is 3.07. The van der Waals surface area contributed by atoms with Crippen LogP contribution in [0.1, 0.15) is 37.4 Å². The van der Waals surface area contributed by atoms with Crippen LogP contribution in [-0.2, 0) is 6.42 Å². The molecule has 1 heterocycles. The summed E-state index contributed by atoms with van der Waals surface area (Å²) in [5, 5.41) is 3.76. The Morgan fingerprint density at radius 2 is 2.05 bits per heavy atom. The van der Waals surface area contributed by atoms with Crippen LogP contribution in [0.3, 0.4) is 0 Å². The van der Waals surface area contributed by atoms with E-state index in [1.807, 2.05) is 0 Å². The van der Waals surface area contributed by atoms with Crippen LogP contribution in [0.5, 0.6) is 0 Å². The van der Waals surface area contributed by atoms with E-state index < -0.39 is 0 Å². The molecular formula is C18H29N3.